The van der Waals surface area contributed by atoms with Crippen molar-refractivity contribution in [3.8, 4) is 0 Å². The smallest absolute Gasteiger partial charge is 0.347 e. The van der Waals surface area contributed by atoms with Crippen LogP contribution in [0.3, 0.4) is 0 Å². The minimum absolute atomic E-state index is 0.0461. The number of benzene rings is 1. The first kappa shape index (κ1) is 19.1. The monoisotopic (exact) mass is 372 g/mol. The van der Waals surface area contributed by atoms with E-state index in [1.54, 1.807) is 31.1 Å². The van der Waals surface area contributed by atoms with Crippen LogP contribution in [0.2, 0.25) is 0 Å². The van der Waals surface area contributed by atoms with Gasteiger partial charge in [-0.25, -0.2) is 13.9 Å². The molecule has 0 radical (unpaired) electrons. The van der Waals surface area contributed by atoms with Crippen LogP contribution >= 0.6 is 0 Å². The van der Waals surface area contributed by atoms with Crippen molar-refractivity contribution in [3.05, 3.63) is 40.3 Å². The Morgan fingerprint density at radius 2 is 1.88 bits per heavy atom. The molecule has 138 valence electrons. The molecule has 1 heterocycles. The van der Waals surface area contributed by atoms with E-state index in [0.29, 0.717) is 5.95 Å². The molecule has 0 amide bonds. The molecule has 0 saturated heterocycles. The number of nitrogens with zero attached hydrogens (tertiary/aromatic N) is 4. The minimum atomic E-state index is -4.05. The molecule has 1 atom stereocenters. The molecule has 0 aliphatic carbocycles. The van der Waals surface area contributed by atoms with Gasteiger partial charge in [0.2, 0.25) is 5.95 Å². The van der Waals surface area contributed by atoms with E-state index in [9.17, 15) is 17.6 Å². The van der Waals surface area contributed by atoms with E-state index in [1.807, 2.05) is 6.92 Å². The molecule has 10 heteroatoms. The van der Waals surface area contributed by atoms with Gasteiger partial charge in [0.25, 0.3) is 10.1 Å². The van der Waals surface area contributed by atoms with Crippen LogP contribution in [0.4, 0.5) is 10.3 Å². The van der Waals surface area contributed by atoms with Gasteiger partial charge in [-0.15, -0.1) is 5.10 Å². The number of aromatic nitrogens is 3. The Balaban J connectivity index is 2.03. The van der Waals surface area contributed by atoms with Crippen LogP contribution < -0.4 is 10.6 Å². The number of anilines is 1. The average molecular weight is 372 g/mol. The van der Waals surface area contributed by atoms with Crippen molar-refractivity contribution in [3.63, 3.8) is 0 Å². The number of rotatable bonds is 7. The quantitative estimate of drug-likeness (QED) is 0.665. The van der Waals surface area contributed by atoms with Crippen LogP contribution in [-0.2, 0) is 27.9 Å². The third kappa shape index (κ3) is 4.45. The predicted octanol–water partition coefficient (Wildman–Crippen LogP) is 0.700. The highest BCUT2D eigenvalue weighted by Gasteiger charge is 2.20. The third-order valence-electron chi connectivity index (χ3n) is 3.50. The zero-order valence-electron chi connectivity index (χ0n) is 14.5. The Labute approximate surface area is 145 Å². The molecule has 0 N–H and O–H groups in total. The van der Waals surface area contributed by atoms with Gasteiger partial charge in [0.1, 0.15) is 6.17 Å². The molecule has 1 unspecified atom stereocenters. The van der Waals surface area contributed by atoms with E-state index in [1.165, 1.54) is 23.7 Å². The minimum Gasteiger partial charge on any atom is -0.347 e. The molecule has 25 heavy (non-hydrogen) atoms. The van der Waals surface area contributed by atoms with Gasteiger partial charge in [0.05, 0.1) is 18.0 Å². The van der Waals surface area contributed by atoms with Gasteiger partial charge >= 0.3 is 5.69 Å². The first-order valence-corrected chi connectivity index (χ1v) is 8.94. The van der Waals surface area contributed by atoms with E-state index < -0.39 is 35.1 Å². The molecule has 0 fully saturated rings. The Kier molecular flexibility index (Phi) is 5.63. The van der Waals surface area contributed by atoms with Gasteiger partial charge in [-0.1, -0.05) is 17.7 Å². The maximum Gasteiger partial charge on any atom is 0.347 e. The summed E-state index contributed by atoms with van der Waals surface area (Å²) in [4.78, 5) is 13.6. The molecule has 0 saturated carbocycles. The summed E-state index contributed by atoms with van der Waals surface area (Å²) in [5.41, 5.74) is 0.404. The van der Waals surface area contributed by atoms with E-state index in [4.69, 9.17) is 4.18 Å². The van der Waals surface area contributed by atoms with Crippen LogP contribution in [0.5, 0.6) is 0 Å². The zero-order chi connectivity index (χ0) is 18.8. The molecule has 1 aromatic heterocycles. The summed E-state index contributed by atoms with van der Waals surface area (Å²) in [6.07, 6.45) is -1.71. The summed E-state index contributed by atoms with van der Waals surface area (Å²) in [6, 6.07) is 6.04. The Hall–Kier alpha value is -2.20. The van der Waals surface area contributed by atoms with Crippen molar-refractivity contribution in [1.29, 1.82) is 0 Å². The highest BCUT2D eigenvalue weighted by Crippen LogP contribution is 2.14. The second kappa shape index (κ2) is 7.36. The van der Waals surface area contributed by atoms with E-state index >= 15 is 0 Å². The molecule has 8 nitrogen and oxygen atoms in total. The molecule has 0 spiro atoms. The third-order valence-corrected chi connectivity index (χ3v) is 4.80. The number of hydrogen-bond donors (Lipinski definition) is 0. The molecular formula is C15H21FN4O4S. The molecule has 1 aromatic carbocycles. The van der Waals surface area contributed by atoms with Crippen LogP contribution in [0, 0.1) is 6.92 Å². The fraction of sp³-hybridized carbons (Fsp3) is 0.467. The predicted molar refractivity (Wildman–Crippen MR) is 91.0 cm³/mol. The number of halogens is 1. The summed E-state index contributed by atoms with van der Waals surface area (Å²) in [5.74, 6) is 0.366. The standard InChI is InChI=1S/C15H21FN4O4S/c1-11-5-7-13(8-6-11)25(22,23)24-10-12(16)9-20-15(21)19(4)14(17-20)18(2)3/h5-8,12H,9-10H2,1-4H3. The second-order valence-electron chi connectivity index (χ2n) is 5.87. The van der Waals surface area contributed by atoms with Gasteiger partial charge in [-0.2, -0.15) is 8.42 Å². The molecule has 0 bridgehead atoms. The van der Waals surface area contributed by atoms with E-state index in [2.05, 4.69) is 5.10 Å². The largest absolute Gasteiger partial charge is 0.347 e. The summed E-state index contributed by atoms with van der Waals surface area (Å²) in [6.45, 7) is 0.724. The molecular weight excluding hydrogens is 351 g/mol. The summed E-state index contributed by atoms with van der Waals surface area (Å²) in [5, 5.41) is 4.01. The number of alkyl halides is 1. The van der Waals surface area contributed by atoms with Gasteiger partial charge in [0, 0.05) is 21.1 Å². The first-order chi connectivity index (χ1) is 11.6. The summed E-state index contributed by atoms with van der Waals surface area (Å²) < 4.78 is 45.1. The van der Waals surface area contributed by atoms with Gasteiger partial charge in [0.15, 0.2) is 0 Å². The molecule has 0 aliphatic rings. The van der Waals surface area contributed by atoms with Crippen molar-refractivity contribution in [2.45, 2.75) is 24.5 Å². The van der Waals surface area contributed by atoms with Crippen LogP contribution in [0.1, 0.15) is 5.56 Å². The maximum atomic E-state index is 14.1. The van der Waals surface area contributed by atoms with Gasteiger partial charge < -0.3 is 4.90 Å². The van der Waals surface area contributed by atoms with Crippen molar-refractivity contribution in [2.24, 2.45) is 7.05 Å². The molecule has 0 aliphatic heterocycles. The van der Waals surface area contributed by atoms with Crippen LogP contribution in [0.15, 0.2) is 34.0 Å². The van der Waals surface area contributed by atoms with Crippen LogP contribution in [0.25, 0.3) is 0 Å². The number of aryl methyl sites for hydroxylation is 1. The van der Waals surface area contributed by atoms with Gasteiger partial charge in [-0.3, -0.25) is 8.75 Å². The topological polar surface area (TPSA) is 86.4 Å². The van der Waals surface area contributed by atoms with Crippen molar-refractivity contribution >= 4 is 16.1 Å². The Bertz CT molecular complexity index is 887. The molecule has 2 rings (SSSR count). The SMILES string of the molecule is Cc1ccc(S(=O)(=O)OCC(F)Cn2nc(N(C)C)n(C)c2=O)cc1. The normalized spacial score (nSPS) is 13.0. The van der Waals surface area contributed by atoms with Gasteiger partial charge in [-0.05, 0) is 19.1 Å². The van der Waals surface area contributed by atoms with E-state index in [0.717, 1.165) is 10.2 Å². The van der Waals surface area contributed by atoms with Crippen molar-refractivity contribution < 1.29 is 17.0 Å². The van der Waals surface area contributed by atoms with Crippen molar-refractivity contribution in [2.75, 3.05) is 25.6 Å². The van der Waals surface area contributed by atoms with E-state index in [-0.39, 0.29) is 4.90 Å². The number of hydrogen-bond acceptors (Lipinski definition) is 6. The Morgan fingerprint density at radius 3 is 2.40 bits per heavy atom. The highest BCUT2D eigenvalue weighted by atomic mass is 32.2. The summed E-state index contributed by atoms with van der Waals surface area (Å²) in [7, 11) is 0.878. The zero-order valence-corrected chi connectivity index (χ0v) is 15.3. The lowest BCUT2D eigenvalue weighted by Crippen LogP contribution is -2.29. The lowest BCUT2D eigenvalue weighted by Gasteiger charge is -2.10. The highest BCUT2D eigenvalue weighted by molar-refractivity contribution is 7.86. The van der Waals surface area contributed by atoms with Crippen molar-refractivity contribution in [1.82, 2.24) is 14.3 Å². The average Bonchev–Trinajstić information content (AvgIpc) is 2.82. The second-order valence-corrected chi connectivity index (χ2v) is 7.48. The molecule has 2 aromatic rings. The van der Waals surface area contributed by atoms with Crippen LogP contribution in [-0.4, -0.2) is 49.6 Å². The fourth-order valence-corrected chi connectivity index (χ4v) is 3.09. The fourth-order valence-electron chi connectivity index (χ4n) is 2.16. The first-order valence-electron chi connectivity index (χ1n) is 7.53. The Morgan fingerprint density at radius 1 is 1.28 bits per heavy atom. The lowest BCUT2D eigenvalue weighted by atomic mass is 10.2. The maximum absolute atomic E-state index is 14.1. The lowest BCUT2D eigenvalue weighted by molar-refractivity contribution is 0.177. The summed E-state index contributed by atoms with van der Waals surface area (Å²) >= 11 is 0.